The van der Waals surface area contributed by atoms with Crippen LogP contribution >= 0.6 is 0 Å². The average Bonchev–Trinajstić information content (AvgIpc) is 3.29. The van der Waals surface area contributed by atoms with E-state index in [4.69, 9.17) is 0 Å². The van der Waals surface area contributed by atoms with E-state index in [0.29, 0.717) is 17.5 Å². The lowest BCUT2D eigenvalue weighted by atomic mass is 9.87. The topological polar surface area (TPSA) is 125 Å². The first-order valence-corrected chi connectivity index (χ1v) is 10.1. The van der Waals surface area contributed by atoms with Gasteiger partial charge in [-0.2, -0.15) is 15.4 Å². The molecule has 3 aromatic rings. The van der Waals surface area contributed by atoms with Crippen LogP contribution in [-0.4, -0.2) is 44.2 Å². The van der Waals surface area contributed by atoms with Crippen molar-refractivity contribution in [2.45, 2.75) is 32.2 Å². The van der Waals surface area contributed by atoms with Crippen LogP contribution in [0.5, 0.6) is 0 Å². The number of aromatic amines is 1. The van der Waals surface area contributed by atoms with Crippen molar-refractivity contribution in [1.29, 1.82) is 0 Å². The smallest absolute Gasteiger partial charge is 0.326 e. The molecule has 1 heterocycles. The Balaban J connectivity index is 1.79. The standard InChI is InChI=1S/C23H23FN4O4/c1-14(29)26-20(23(31)32)11-16(12-22(30)21-13-25-28-27-21)10-15-6-8-17(9-7-15)18-4-2-3-5-19(18)24/h2-9,13,16,20H,10-12H2,1H3,(H,26,29)(H,31,32)(H,25,27,28)/t16-,20-/m1/s1. The van der Waals surface area contributed by atoms with Crippen LogP contribution in [0.25, 0.3) is 11.1 Å². The monoisotopic (exact) mass is 438 g/mol. The fraction of sp³-hybridized carbons (Fsp3) is 0.261. The van der Waals surface area contributed by atoms with E-state index in [9.17, 15) is 23.9 Å². The fourth-order valence-corrected chi connectivity index (χ4v) is 3.59. The number of hydrogen-bond acceptors (Lipinski definition) is 5. The number of H-pyrrole nitrogens is 1. The van der Waals surface area contributed by atoms with E-state index in [-0.39, 0.29) is 36.1 Å². The van der Waals surface area contributed by atoms with E-state index >= 15 is 0 Å². The highest BCUT2D eigenvalue weighted by Crippen LogP contribution is 2.25. The van der Waals surface area contributed by atoms with Gasteiger partial charge in [0, 0.05) is 18.9 Å². The van der Waals surface area contributed by atoms with E-state index in [0.717, 1.165) is 5.56 Å². The van der Waals surface area contributed by atoms with Crippen molar-refractivity contribution in [1.82, 2.24) is 20.7 Å². The molecule has 0 unspecified atom stereocenters. The number of carboxylic acids is 1. The summed E-state index contributed by atoms with van der Waals surface area (Å²) in [5.41, 5.74) is 2.21. The number of hydrogen-bond donors (Lipinski definition) is 3. The zero-order valence-electron chi connectivity index (χ0n) is 17.4. The maximum absolute atomic E-state index is 14.0. The van der Waals surface area contributed by atoms with Crippen molar-refractivity contribution in [3.63, 3.8) is 0 Å². The predicted octanol–water partition coefficient (Wildman–Crippen LogP) is 3.02. The molecule has 1 amide bonds. The first-order valence-electron chi connectivity index (χ1n) is 10.1. The molecule has 0 bridgehead atoms. The van der Waals surface area contributed by atoms with Crippen LogP contribution in [0.4, 0.5) is 4.39 Å². The molecule has 0 aliphatic heterocycles. The summed E-state index contributed by atoms with van der Waals surface area (Å²) in [6.45, 7) is 1.24. The van der Waals surface area contributed by atoms with Gasteiger partial charge in [-0.15, -0.1) is 0 Å². The zero-order chi connectivity index (χ0) is 23.1. The van der Waals surface area contributed by atoms with Crippen LogP contribution in [0.1, 0.15) is 35.8 Å². The van der Waals surface area contributed by atoms with Crippen LogP contribution in [0.2, 0.25) is 0 Å². The van der Waals surface area contributed by atoms with Crippen molar-refractivity contribution in [3.8, 4) is 11.1 Å². The molecule has 9 heteroatoms. The number of aliphatic carboxylic acids is 1. The quantitative estimate of drug-likeness (QED) is 0.418. The van der Waals surface area contributed by atoms with Gasteiger partial charge in [-0.25, -0.2) is 9.18 Å². The number of nitrogens with one attached hydrogen (secondary N) is 2. The molecule has 2 aromatic carbocycles. The minimum absolute atomic E-state index is 0.0327. The summed E-state index contributed by atoms with van der Waals surface area (Å²) in [6.07, 6.45) is 1.80. The van der Waals surface area contributed by atoms with Crippen molar-refractivity contribution < 1.29 is 23.9 Å². The lowest BCUT2D eigenvalue weighted by molar-refractivity contribution is -0.142. The highest BCUT2D eigenvalue weighted by Gasteiger charge is 2.26. The second-order valence-corrected chi connectivity index (χ2v) is 7.56. The summed E-state index contributed by atoms with van der Waals surface area (Å²) in [5.74, 6) is -2.62. The number of rotatable bonds is 10. The van der Waals surface area contributed by atoms with Crippen LogP contribution in [0.15, 0.2) is 54.7 Å². The molecule has 32 heavy (non-hydrogen) atoms. The van der Waals surface area contributed by atoms with Crippen molar-refractivity contribution >= 4 is 17.7 Å². The normalized spacial score (nSPS) is 12.7. The molecule has 3 rings (SSSR count). The summed E-state index contributed by atoms with van der Waals surface area (Å²) in [5, 5.41) is 21.7. The average molecular weight is 438 g/mol. The van der Waals surface area contributed by atoms with Crippen LogP contribution in [-0.2, 0) is 16.0 Å². The number of nitrogens with zero attached hydrogens (tertiary/aromatic N) is 2. The molecule has 0 aliphatic carbocycles. The highest BCUT2D eigenvalue weighted by atomic mass is 19.1. The zero-order valence-corrected chi connectivity index (χ0v) is 17.4. The molecule has 0 spiro atoms. The van der Waals surface area contributed by atoms with Gasteiger partial charge in [-0.1, -0.05) is 42.5 Å². The molecular weight excluding hydrogens is 415 g/mol. The number of carbonyl (C=O) groups is 3. The van der Waals surface area contributed by atoms with Crippen LogP contribution in [0.3, 0.4) is 0 Å². The van der Waals surface area contributed by atoms with Gasteiger partial charge in [0.25, 0.3) is 0 Å². The second kappa shape index (κ2) is 10.4. The first-order chi connectivity index (χ1) is 15.3. The number of ketones is 1. The lowest BCUT2D eigenvalue weighted by Crippen LogP contribution is -2.41. The van der Waals surface area contributed by atoms with Gasteiger partial charge in [0.1, 0.15) is 17.6 Å². The third-order valence-corrected chi connectivity index (χ3v) is 5.08. The number of amides is 1. The van der Waals surface area contributed by atoms with E-state index in [1.807, 2.05) is 12.1 Å². The molecule has 2 atom stereocenters. The lowest BCUT2D eigenvalue weighted by Gasteiger charge is -2.21. The van der Waals surface area contributed by atoms with Gasteiger partial charge < -0.3 is 10.4 Å². The molecule has 0 aliphatic rings. The van der Waals surface area contributed by atoms with Crippen LogP contribution in [0, 0.1) is 11.7 Å². The predicted molar refractivity (Wildman–Crippen MR) is 114 cm³/mol. The Bertz CT molecular complexity index is 1080. The van der Waals surface area contributed by atoms with Gasteiger partial charge in [0.15, 0.2) is 5.78 Å². The molecular formula is C23H23FN4O4. The summed E-state index contributed by atoms with van der Waals surface area (Å²) in [7, 11) is 0. The Morgan fingerprint density at radius 1 is 1.12 bits per heavy atom. The summed E-state index contributed by atoms with van der Waals surface area (Å²) >= 11 is 0. The third-order valence-electron chi connectivity index (χ3n) is 5.08. The number of halogens is 1. The summed E-state index contributed by atoms with van der Waals surface area (Å²) < 4.78 is 14.0. The van der Waals surface area contributed by atoms with Crippen molar-refractivity contribution in [3.05, 3.63) is 71.8 Å². The number of Topliss-reactive ketones (excluding diaryl/α,β-unsaturated/α-hetero) is 1. The van der Waals surface area contributed by atoms with E-state index in [1.54, 1.807) is 30.3 Å². The molecule has 8 nitrogen and oxygen atoms in total. The maximum Gasteiger partial charge on any atom is 0.326 e. The highest BCUT2D eigenvalue weighted by molar-refractivity contribution is 5.94. The molecule has 0 fully saturated rings. The van der Waals surface area contributed by atoms with Gasteiger partial charge in [-0.3, -0.25) is 9.59 Å². The second-order valence-electron chi connectivity index (χ2n) is 7.56. The number of benzene rings is 2. The van der Waals surface area contributed by atoms with Crippen LogP contribution < -0.4 is 5.32 Å². The van der Waals surface area contributed by atoms with E-state index < -0.39 is 17.9 Å². The molecule has 3 N–H and O–H groups in total. The maximum atomic E-state index is 14.0. The fourth-order valence-electron chi connectivity index (χ4n) is 3.59. The molecule has 166 valence electrons. The van der Waals surface area contributed by atoms with E-state index in [1.165, 1.54) is 19.2 Å². The Labute approximate surface area is 183 Å². The SMILES string of the molecule is CC(=O)N[C@H](C[C@H](CC(=O)c1cn[nH]n1)Cc1ccc(-c2ccccc2F)cc1)C(=O)O. The molecule has 1 aromatic heterocycles. The Morgan fingerprint density at radius 2 is 1.84 bits per heavy atom. The Kier molecular flexibility index (Phi) is 7.43. The minimum Gasteiger partial charge on any atom is -0.480 e. The van der Waals surface area contributed by atoms with Gasteiger partial charge in [-0.05, 0) is 36.0 Å². The summed E-state index contributed by atoms with van der Waals surface area (Å²) in [4.78, 5) is 35.6. The van der Waals surface area contributed by atoms with Gasteiger partial charge >= 0.3 is 5.97 Å². The van der Waals surface area contributed by atoms with Crippen molar-refractivity contribution in [2.24, 2.45) is 5.92 Å². The molecule has 0 saturated heterocycles. The first kappa shape index (κ1) is 22.8. The largest absolute Gasteiger partial charge is 0.480 e. The Hall–Kier alpha value is -3.88. The number of carbonyl (C=O) groups excluding carboxylic acids is 2. The van der Waals surface area contributed by atoms with Gasteiger partial charge in [0.2, 0.25) is 5.91 Å². The number of aromatic nitrogens is 3. The van der Waals surface area contributed by atoms with Crippen molar-refractivity contribution in [2.75, 3.05) is 0 Å². The number of carboxylic acid groups (broad SMARTS) is 1. The minimum atomic E-state index is -1.17. The van der Waals surface area contributed by atoms with Gasteiger partial charge in [0.05, 0.1) is 6.20 Å². The molecule has 0 saturated carbocycles. The third kappa shape index (κ3) is 6.07. The Morgan fingerprint density at radius 3 is 2.44 bits per heavy atom. The van der Waals surface area contributed by atoms with E-state index in [2.05, 4.69) is 20.7 Å². The summed E-state index contributed by atoms with van der Waals surface area (Å²) in [6, 6.07) is 12.5. The molecule has 0 radical (unpaired) electrons.